The largest absolute Gasteiger partial charge is 0.453 e. The van der Waals surface area contributed by atoms with Gasteiger partial charge in [0, 0.05) is 0 Å². The molecule has 2 rings (SSSR count). The van der Waals surface area contributed by atoms with E-state index in [1.165, 1.54) is 0 Å². The van der Waals surface area contributed by atoms with Crippen LogP contribution >= 0.6 is 0 Å². The van der Waals surface area contributed by atoms with E-state index >= 15 is 0 Å². The molecule has 0 amide bonds. The van der Waals surface area contributed by atoms with E-state index in [0.717, 1.165) is 0 Å². The highest BCUT2D eigenvalue weighted by Gasteiger charge is 2.15. The summed E-state index contributed by atoms with van der Waals surface area (Å²) in [6.07, 6.45) is 8.92. The normalized spacial score (nSPS) is 12.5. The molecular weight excluding hydrogens is 264 g/mol. The standard InChI is InChI=1S/C18H14O3/c1-3-17(19-15-11-7-5-8-12-15)21-18(4-2)20-16-13-9-6-10-14-16/h1-2,5-14,17-18H. The van der Waals surface area contributed by atoms with Crippen LogP contribution in [0.5, 0.6) is 11.5 Å². The van der Waals surface area contributed by atoms with Gasteiger partial charge < -0.3 is 9.47 Å². The lowest BCUT2D eigenvalue weighted by Crippen LogP contribution is -2.28. The molecule has 0 bridgehead atoms. The zero-order valence-electron chi connectivity index (χ0n) is 11.3. The predicted octanol–water partition coefficient (Wildman–Crippen LogP) is 3.08. The Bertz CT molecular complexity index is 566. The molecule has 0 N–H and O–H groups in total. The van der Waals surface area contributed by atoms with Gasteiger partial charge in [-0.15, -0.1) is 12.8 Å². The number of terminal acetylenes is 2. The summed E-state index contributed by atoms with van der Waals surface area (Å²) in [6.45, 7) is 0. The monoisotopic (exact) mass is 278 g/mol. The molecule has 21 heavy (non-hydrogen) atoms. The van der Waals surface area contributed by atoms with Crippen LogP contribution in [0.1, 0.15) is 0 Å². The number of ether oxygens (including phenoxy) is 3. The van der Waals surface area contributed by atoms with Crippen molar-refractivity contribution in [1.82, 2.24) is 0 Å². The van der Waals surface area contributed by atoms with Crippen LogP contribution in [0.15, 0.2) is 60.7 Å². The number of hydrogen-bond acceptors (Lipinski definition) is 3. The van der Waals surface area contributed by atoms with E-state index in [1.807, 2.05) is 36.4 Å². The first kappa shape index (κ1) is 14.5. The molecule has 0 aliphatic heterocycles. The molecule has 3 nitrogen and oxygen atoms in total. The Kier molecular flexibility index (Phi) is 5.29. The molecule has 0 saturated heterocycles. The Hall–Kier alpha value is -2.88. The molecule has 0 fully saturated rings. The van der Waals surface area contributed by atoms with Crippen molar-refractivity contribution >= 4 is 0 Å². The van der Waals surface area contributed by atoms with Gasteiger partial charge in [0.15, 0.2) is 0 Å². The smallest absolute Gasteiger partial charge is 0.268 e. The molecule has 2 aromatic rings. The van der Waals surface area contributed by atoms with Gasteiger partial charge in [-0.1, -0.05) is 36.4 Å². The van der Waals surface area contributed by atoms with Crippen molar-refractivity contribution in [2.45, 2.75) is 12.6 Å². The van der Waals surface area contributed by atoms with E-state index in [1.54, 1.807) is 24.3 Å². The molecule has 104 valence electrons. The van der Waals surface area contributed by atoms with Crippen LogP contribution < -0.4 is 9.47 Å². The third-order valence-corrected chi connectivity index (χ3v) is 2.49. The van der Waals surface area contributed by atoms with Crippen LogP contribution in [-0.2, 0) is 4.74 Å². The summed E-state index contributed by atoms with van der Waals surface area (Å²) in [5.74, 6) is 5.95. The second kappa shape index (κ2) is 7.65. The second-order valence-electron chi connectivity index (χ2n) is 4.00. The summed E-state index contributed by atoms with van der Waals surface area (Å²) < 4.78 is 16.4. The lowest BCUT2D eigenvalue weighted by molar-refractivity contribution is -0.131. The first-order chi connectivity index (χ1) is 10.3. The van der Waals surface area contributed by atoms with E-state index in [9.17, 15) is 0 Å². The first-order valence-corrected chi connectivity index (χ1v) is 6.33. The average molecular weight is 278 g/mol. The molecule has 0 heterocycles. The van der Waals surface area contributed by atoms with E-state index in [-0.39, 0.29) is 0 Å². The van der Waals surface area contributed by atoms with E-state index in [2.05, 4.69) is 11.8 Å². The molecule has 2 aromatic carbocycles. The molecule has 3 heteroatoms. The molecule has 0 spiro atoms. The summed E-state index contributed by atoms with van der Waals surface area (Å²) >= 11 is 0. The summed E-state index contributed by atoms with van der Waals surface area (Å²) in [6, 6.07) is 18.2. The summed E-state index contributed by atoms with van der Waals surface area (Å²) in [7, 11) is 0. The Morgan fingerprint density at radius 3 is 1.38 bits per heavy atom. The SMILES string of the molecule is C#CC(Oc1ccccc1)OC(C#C)Oc1ccccc1. The molecule has 0 aliphatic rings. The van der Waals surface area contributed by atoms with Gasteiger partial charge in [0.25, 0.3) is 12.6 Å². The topological polar surface area (TPSA) is 27.7 Å². The van der Waals surface area contributed by atoms with Crippen molar-refractivity contribution in [3.63, 3.8) is 0 Å². The van der Waals surface area contributed by atoms with Crippen LogP contribution in [0.4, 0.5) is 0 Å². The number of hydrogen-bond donors (Lipinski definition) is 0. The fourth-order valence-corrected chi connectivity index (χ4v) is 1.56. The highest BCUT2D eigenvalue weighted by molar-refractivity contribution is 5.23. The summed E-state index contributed by atoms with van der Waals surface area (Å²) in [5.41, 5.74) is 0. The summed E-state index contributed by atoms with van der Waals surface area (Å²) in [4.78, 5) is 0. The van der Waals surface area contributed by atoms with Gasteiger partial charge >= 0.3 is 0 Å². The van der Waals surface area contributed by atoms with Crippen molar-refractivity contribution in [1.29, 1.82) is 0 Å². The maximum Gasteiger partial charge on any atom is 0.268 e. The number of para-hydroxylation sites is 2. The molecule has 0 radical (unpaired) electrons. The van der Waals surface area contributed by atoms with E-state index in [4.69, 9.17) is 27.1 Å². The van der Waals surface area contributed by atoms with Crippen LogP contribution in [-0.4, -0.2) is 12.6 Å². The molecule has 0 saturated carbocycles. The van der Waals surface area contributed by atoms with Gasteiger partial charge in [0.2, 0.25) is 0 Å². The zero-order chi connectivity index (χ0) is 14.9. The maximum atomic E-state index is 5.50. The Morgan fingerprint density at radius 2 is 1.05 bits per heavy atom. The van der Waals surface area contributed by atoms with Crippen molar-refractivity contribution in [3.05, 3.63) is 60.7 Å². The Morgan fingerprint density at radius 1 is 0.667 bits per heavy atom. The minimum absolute atomic E-state index is 0.593. The van der Waals surface area contributed by atoms with Crippen LogP contribution in [0, 0.1) is 24.7 Å². The fraction of sp³-hybridized carbons (Fsp3) is 0.111. The van der Waals surface area contributed by atoms with Crippen LogP contribution in [0.2, 0.25) is 0 Å². The van der Waals surface area contributed by atoms with Gasteiger partial charge in [0.1, 0.15) is 11.5 Å². The average Bonchev–Trinajstić information content (AvgIpc) is 2.55. The molecule has 0 aliphatic carbocycles. The van der Waals surface area contributed by atoms with Gasteiger partial charge in [-0.25, -0.2) is 0 Å². The van der Waals surface area contributed by atoms with Gasteiger partial charge in [-0.2, -0.15) is 0 Å². The highest BCUT2D eigenvalue weighted by atomic mass is 16.8. The fourth-order valence-electron chi connectivity index (χ4n) is 1.56. The molecule has 0 aromatic heterocycles. The lowest BCUT2D eigenvalue weighted by Gasteiger charge is -2.19. The summed E-state index contributed by atoms with van der Waals surface area (Å²) in [5, 5.41) is 0. The Balaban J connectivity index is 1.96. The zero-order valence-corrected chi connectivity index (χ0v) is 11.3. The van der Waals surface area contributed by atoms with Crippen molar-refractivity contribution < 1.29 is 14.2 Å². The predicted molar refractivity (Wildman–Crippen MR) is 80.5 cm³/mol. The molecule has 2 unspecified atom stereocenters. The Labute approximate surface area is 124 Å². The first-order valence-electron chi connectivity index (χ1n) is 6.33. The maximum absolute atomic E-state index is 5.50. The van der Waals surface area contributed by atoms with E-state index < -0.39 is 12.6 Å². The highest BCUT2D eigenvalue weighted by Crippen LogP contribution is 2.15. The third-order valence-electron chi connectivity index (χ3n) is 2.49. The number of rotatable bonds is 6. The second-order valence-corrected chi connectivity index (χ2v) is 4.00. The van der Waals surface area contributed by atoms with Gasteiger partial charge in [0.05, 0.1) is 0 Å². The third kappa shape index (κ3) is 4.62. The lowest BCUT2D eigenvalue weighted by atomic mass is 10.3. The molecular formula is C18H14O3. The van der Waals surface area contributed by atoms with Crippen molar-refractivity contribution in [2.75, 3.05) is 0 Å². The van der Waals surface area contributed by atoms with Crippen molar-refractivity contribution in [2.24, 2.45) is 0 Å². The minimum atomic E-state index is -0.933. The van der Waals surface area contributed by atoms with Gasteiger partial charge in [-0.3, -0.25) is 4.74 Å². The van der Waals surface area contributed by atoms with Crippen LogP contribution in [0.3, 0.4) is 0 Å². The molecule has 2 atom stereocenters. The van der Waals surface area contributed by atoms with Crippen molar-refractivity contribution in [3.8, 4) is 36.2 Å². The van der Waals surface area contributed by atoms with E-state index in [0.29, 0.717) is 11.5 Å². The minimum Gasteiger partial charge on any atom is -0.453 e. The quantitative estimate of drug-likeness (QED) is 0.600. The van der Waals surface area contributed by atoms with Gasteiger partial charge in [-0.05, 0) is 36.1 Å². The van der Waals surface area contributed by atoms with Crippen LogP contribution in [0.25, 0.3) is 0 Å². The number of benzene rings is 2.